The number of hydrogen-bond acceptors (Lipinski definition) is 2. The first kappa shape index (κ1) is 3.75. The van der Waals surface area contributed by atoms with Gasteiger partial charge in [-0.25, -0.2) is 0 Å². The molecule has 0 spiro atoms. The molecule has 0 saturated heterocycles. The van der Waals surface area contributed by atoms with E-state index in [0.717, 1.165) is 0 Å². The topological polar surface area (TPSA) is 12.0 Å². The Balaban J connectivity index is 2.32. The van der Waals surface area contributed by atoms with E-state index >= 15 is 0 Å². The van der Waals surface area contributed by atoms with E-state index in [4.69, 9.17) is 0 Å². The third-order valence-electron chi connectivity index (χ3n) is 0.288. The molecule has 0 aromatic rings. The van der Waals surface area contributed by atoms with Gasteiger partial charge in [0.1, 0.15) is 0 Å². The molecule has 0 fully saturated rings. The molecular weight excluding hydrogens is 149 g/mol. The number of hydrogen-bond donors (Lipinski definition) is 1. The summed E-state index contributed by atoms with van der Waals surface area (Å²) in [7, 11) is 0. The van der Waals surface area contributed by atoms with Gasteiger partial charge in [0.15, 0.2) is 0 Å². The van der Waals surface area contributed by atoms with Crippen LogP contribution in [0, 0.1) is 0 Å². The van der Waals surface area contributed by atoms with E-state index in [-0.39, 0.29) is 0 Å². The van der Waals surface area contributed by atoms with E-state index in [0.29, 0.717) is 15.2 Å². The molecule has 1 heterocycles. The Bertz CT molecular complexity index is 47.6. The van der Waals surface area contributed by atoms with Gasteiger partial charge in [0.25, 0.3) is 0 Å². The second-order valence-electron chi connectivity index (χ2n) is 0.591. The standard InChI is InChI=1S/C2H3NSSe/c1-2-5-3-4-1/h1-3H. The minimum absolute atomic E-state index is 0.602. The fourth-order valence-corrected chi connectivity index (χ4v) is 2.17. The number of nitrogens with one attached hydrogen (secondary N) is 1. The van der Waals surface area contributed by atoms with E-state index < -0.39 is 0 Å². The average Bonchev–Trinajstić information content (AvgIpc) is 1.76. The maximum atomic E-state index is 3.09. The molecule has 0 amide bonds. The summed E-state index contributed by atoms with van der Waals surface area (Å²) in [6.07, 6.45) is 0. The maximum absolute atomic E-state index is 3.09. The van der Waals surface area contributed by atoms with Crippen LogP contribution >= 0.6 is 11.9 Å². The van der Waals surface area contributed by atoms with Crippen molar-refractivity contribution in [3.05, 3.63) is 10.4 Å². The first-order valence-corrected chi connectivity index (χ1v) is 3.94. The fourth-order valence-electron chi connectivity index (χ4n) is 0.139. The summed E-state index contributed by atoms with van der Waals surface area (Å²) in [5.74, 6) is 0. The molecule has 5 heavy (non-hydrogen) atoms. The van der Waals surface area contributed by atoms with Gasteiger partial charge < -0.3 is 0 Å². The second kappa shape index (κ2) is 1.88. The van der Waals surface area contributed by atoms with Gasteiger partial charge in [0, 0.05) is 0 Å². The number of rotatable bonds is 0. The van der Waals surface area contributed by atoms with Crippen molar-refractivity contribution in [3.63, 3.8) is 0 Å². The van der Waals surface area contributed by atoms with Gasteiger partial charge in [-0.3, -0.25) is 0 Å². The predicted octanol–water partition coefficient (Wildman–Crippen LogP) is 0.328. The molecule has 1 nitrogen and oxygen atoms in total. The van der Waals surface area contributed by atoms with Crippen LogP contribution in [0.25, 0.3) is 0 Å². The van der Waals surface area contributed by atoms with Crippen molar-refractivity contribution in [2.45, 2.75) is 0 Å². The molecule has 0 saturated carbocycles. The molecule has 0 aliphatic carbocycles. The van der Waals surface area contributed by atoms with Crippen LogP contribution in [-0.4, -0.2) is 15.2 Å². The molecule has 0 unspecified atom stereocenters. The molecule has 3 heteroatoms. The van der Waals surface area contributed by atoms with Crippen LogP contribution < -0.4 is 3.74 Å². The summed E-state index contributed by atoms with van der Waals surface area (Å²) in [5, 5.41) is 2.07. The van der Waals surface area contributed by atoms with Crippen LogP contribution in [0.4, 0.5) is 0 Å². The SMILES string of the molecule is C1=C[Se]NS1. The molecule has 1 rings (SSSR count). The minimum atomic E-state index is 0.602. The Morgan fingerprint density at radius 2 is 2.80 bits per heavy atom. The zero-order valence-electron chi connectivity index (χ0n) is 2.47. The van der Waals surface area contributed by atoms with Gasteiger partial charge in [-0.2, -0.15) is 0 Å². The molecule has 1 N–H and O–H groups in total. The van der Waals surface area contributed by atoms with Crippen molar-refractivity contribution in [2.75, 3.05) is 0 Å². The average molecular weight is 152 g/mol. The van der Waals surface area contributed by atoms with E-state index in [1.807, 2.05) is 0 Å². The Kier molecular flexibility index (Phi) is 1.41. The third kappa shape index (κ3) is 0.973. The first-order valence-electron chi connectivity index (χ1n) is 1.21. The van der Waals surface area contributed by atoms with E-state index in [1.54, 1.807) is 11.9 Å². The van der Waals surface area contributed by atoms with Crippen LogP contribution in [0.5, 0.6) is 0 Å². The van der Waals surface area contributed by atoms with Crippen LogP contribution in [0.1, 0.15) is 0 Å². The first-order chi connectivity index (χ1) is 2.50. The van der Waals surface area contributed by atoms with Gasteiger partial charge in [-0.15, -0.1) is 0 Å². The van der Waals surface area contributed by atoms with Crippen molar-refractivity contribution in [1.82, 2.24) is 3.74 Å². The predicted molar refractivity (Wildman–Crippen MR) is 25.6 cm³/mol. The molecule has 0 atom stereocenters. The molecule has 28 valence electrons. The fraction of sp³-hybridized carbons (Fsp3) is 0. The van der Waals surface area contributed by atoms with Crippen LogP contribution in [0.15, 0.2) is 10.4 Å². The summed E-state index contributed by atoms with van der Waals surface area (Å²) in [6.45, 7) is 0. The molecule has 1 aliphatic rings. The van der Waals surface area contributed by atoms with E-state index in [1.165, 1.54) is 0 Å². The van der Waals surface area contributed by atoms with E-state index in [2.05, 4.69) is 14.1 Å². The zero-order chi connectivity index (χ0) is 3.54. The Morgan fingerprint density at radius 1 is 1.80 bits per heavy atom. The Morgan fingerprint density at radius 3 is 3.00 bits per heavy atom. The van der Waals surface area contributed by atoms with Gasteiger partial charge in [0.05, 0.1) is 0 Å². The van der Waals surface area contributed by atoms with Crippen molar-refractivity contribution < 1.29 is 0 Å². The second-order valence-corrected chi connectivity index (χ2v) is 3.38. The normalized spacial score (nSPS) is 20.8. The van der Waals surface area contributed by atoms with Crippen molar-refractivity contribution in [3.8, 4) is 0 Å². The van der Waals surface area contributed by atoms with Gasteiger partial charge >= 0.3 is 41.2 Å². The zero-order valence-corrected chi connectivity index (χ0v) is 5.00. The summed E-state index contributed by atoms with van der Waals surface area (Å²) in [5.41, 5.74) is 0. The van der Waals surface area contributed by atoms with Crippen LogP contribution in [-0.2, 0) is 0 Å². The molecule has 0 bridgehead atoms. The van der Waals surface area contributed by atoms with Gasteiger partial charge in [-0.05, 0) is 0 Å². The molecule has 0 aromatic carbocycles. The summed E-state index contributed by atoms with van der Waals surface area (Å²) in [4.78, 5) is 2.15. The molecule has 0 aromatic heterocycles. The van der Waals surface area contributed by atoms with Crippen LogP contribution in [0.2, 0.25) is 0 Å². The van der Waals surface area contributed by atoms with Crippen LogP contribution in [0.3, 0.4) is 0 Å². The molecule has 0 radical (unpaired) electrons. The monoisotopic (exact) mass is 153 g/mol. The van der Waals surface area contributed by atoms with Crippen molar-refractivity contribution in [2.24, 2.45) is 0 Å². The Labute approximate surface area is 41.7 Å². The Hall–Kier alpha value is 0.569. The third-order valence-corrected chi connectivity index (χ3v) is 2.92. The van der Waals surface area contributed by atoms with Crippen molar-refractivity contribution in [1.29, 1.82) is 0 Å². The van der Waals surface area contributed by atoms with Crippen molar-refractivity contribution >= 4 is 27.1 Å². The quantitative estimate of drug-likeness (QED) is 0.396. The molecular formula is C2H3NSSe. The van der Waals surface area contributed by atoms with Gasteiger partial charge in [-0.1, -0.05) is 0 Å². The molecule has 1 aliphatic heterocycles. The van der Waals surface area contributed by atoms with E-state index in [9.17, 15) is 0 Å². The summed E-state index contributed by atoms with van der Waals surface area (Å²) in [6, 6.07) is 0. The summed E-state index contributed by atoms with van der Waals surface area (Å²) >= 11 is 2.27. The van der Waals surface area contributed by atoms with Gasteiger partial charge in [0.2, 0.25) is 0 Å². The summed E-state index contributed by atoms with van der Waals surface area (Å²) < 4.78 is 3.09.